The number of pyridine rings is 1. The molecule has 0 saturated carbocycles. The van der Waals surface area contributed by atoms with Gasteiger partial charge in [0.2, 0.25) is 17.8 Å². The molecule has 0 unspecified atom stereocenters. The van der Waals surface area contributed by atoms with E-state index in [-0.39, 0.29) is 5.91 Å². The van der Waals surface area contributed by atoms with Crippen molar-refractivity contribution in [3.8, 4) is 0 Å². The first kappa shape index (κ1) is 19.3. The highest BCUT2D eigenvalue weighted by Crippen LogP contribution is 2.25. The molecular weight excluding hydrogens is 378 g/mol. The topological polar surface area (TPSA) is 105 Å². The van der Waals surface area contributed by atoms with Gasteiger partial charge in [-0.2, -0.15) is 4.98 Å². The van der Waals surface area contributed by atoms with Gasteiger partial charge in [-0.05, 0) is 36.2 Å². The molecule has 0 bridgehead atoms. The van der Waals surface area contributed by atoms with Crippen LogP contribution in [0.5, 0.6) is 0 Å². The highest BCUT2D eigenvalue weighted by atomic mass is 16.1. The van der Waals surface area contributed by atoms with Crippen LogP contribution in [0.4, 0.5) is 23.3 Å². The highest BCUT2D eigenvalue weighted by molar-refractivity contribution is 5.90. The molecule has 0 aliphatic carbocycles. The van der Waals surface area contributed by atoms with Gasteiger partial charge in [-0.3, -0.25) is 9.78 Å². The Bertz CT molecular complexity index is 1200. The summed E-state index contributed by atoms with van der Waals surface area (Å²) >= 11 is 0. The largest absolute Gasteiger partial charge is 0.350 e. The minimum atomic E-state index is -0.121. The number of para-hydroxylation sites is 1. The molecule has 0 aliphatic rings. The number of aromatic nitrogens is 4. The molecule has 0 fully saturated rings. The normalized spacial score (nSPS) is 10.6. The van der Waals surface area contributed by atoms with Crippen LogP contribution < -0.4 is 16.0 Å². The number of anilines is 4. The van der Waals surface area contributed by atoms with Gasteiger partial charge in [0.1, 0.15) is 6.33 Å². The Morgan fingerprint density at radius 2 is 1.70 bits per heavy atom. The molecule has 3 N–H and O–H groups in total. The van der Waals surface area contributed by atoms with Crippen LogP contribution in [0.1, 0.15) is 18.1 Å². The fourth-order valence-electron chi connectivity index (χ4n) is 3.14. The van der Waals surface area contributed by atoms with Crippen molar-refractivity contribution < 1.29 is 4.79 Å². The number of carbonyl (C=O) groups is 1. The minimum absolute atomic E-state index is 0.121. The smallest absolute Gasteiger partial charge is 0.232 e. The van der Waals surface area contributed by atoms with E-state index >= 15 is 0 Å². The summed E-state index contributed by atoms with van der Waals surface area (Å²) in [7, 11) is 0. The van der Waals surface area contributed by atoms with Crippen molar-refractivity contribution in [3.63, 3.8) is 0 Å². The number of nitrogens with zero attached hydrogens (tertiary/aromatic N) is 4. The Balaban J connectivity index is 1.50. The fraction of sp³-hybridized carbons (Fsp3) is 0.136. The average molecular weight is 399 g/mol. The van der Waals surface area contributed by atoms with E-state index in [0.717, 1.165) is 33.4 Å². The lowest BCUT2D eigenvalue weighted by Crippen LogP contribution is -2.09. The molecule has 1 amide bonds. The van der Waals surface area contributed by atoms with Crippen LogP contribution >= 0.6 is 0 Å². The summed E-state index contributed by atoms with van der Waals surface area (Å²) in [5.41, 5.74) is 4.44. The van der Waals surface area contributed by atoms with Crippen molar-refractivity contribution in [2.45, 2.75) is 20.4 Å². The quantitative estimate of drug-likeness (QED) is 0.449. The van der Waals surface area contributed by atoms with Crippen molar-refractivity contribution in [2.75, 3.05) is 16.0 Å². The number of rotatable bonds is 6. The maximum atomic E-state index is 11.4. The molecule has 2 aromatic heterocycles. The summed E-state index contributed by atoms with van der Waals surface area (Å²) in [5.74, 6) is 0.743. The number of hydrogen-bond donors (Lipinski definition) is 3. The molecule has 0 radical (unpaired) electrons. The first-order valence-corrected chi connectivity index (χ1v) is 9.50. The molecule has 0 aliphatic heterocycles. The van der Waals surface area contributed by atoms with Gasteiger partial charge in [-0.15, -0.1) is 0 Å². The predicted molar refractivity (Wildman–Crippen MR) is 118 cm³/mol. The summed E-state index contributed by atoms with van der Waals surface area (Å²) in [4.78, 5) is 28.7. The maximum absolute atomic E-state index is 11.4. The Labute approximate surface area is 173 Å². The van der Waals surface area contributed by atoms with E-state index in [9.17, 15) is 4.79 Å². The average Bonchev–Trinajstić information content (AvgIpc) is 2.75. The first-order chi connectivity index (χ1) is 14.6. The van der Waals surface area contributed by atoms with Crippen LogP contribution in [0.3, 0.4) is 0 Å². The summed E-state index contributed by atoms with van der Waals surface area (Å²) < 4.78 is 0. The number of amides is 1. The van der Waals surface area contributed by atoms with Gasteiger partial charge in [-0.1, -0.05) is 30.3 Å². The molecule has 4 rings (SSSR count). The van der Waals surface area contributed by atoms with Crippen LogP contribution in [0.15, 0.2) is 61.1 Å². The predicted octanol–water partition coefficient (Wildman–Crippen LogP) is 4.04. The SMILES string of the molecule is CC(=O)Nc1cccc(Nc2ncnc(NCc3cccc4cccnc34)n2)c1C. The third kappa shape index (κ3) is 4.33. The standard InChI is InChI=1S/C22H21N7O/c1-14-18(27-15(2)30)9-4-10-19(14)28-22-26-13-25-21(29-22)24-12-17-7-3-6-16-8-5-11-23-20(16)17/h3-11,13H,12H2,1-2H3,(H,27,30)(H2,24,25,26,28,29). The van der Waals surface area contributed by atoms with Crippen LogP contribution in [-0.4, -0.2) is 25.8 Å². The second-order valence-electron chi connectivity index (χ2n) is 6.76. The third-order valence-electron chi connectivity index (χ3n) is 4.62. The fourth-order valence-corrected chi connectivity index (χ4v) is 3.14. The monoisotopic (exact) mass is 399 g/mol. The zero-order chi connectivity index (χ0) is 20.9. The minimum Gasteiger partial charge on any atom is -0.350 e. The molecule has 2 aromatic carbocycles. The molecule has 30 heavy (non-hydrogen) atoms. The first-order valence-electron chi connectivity index (χ1n) is 9.50. The molecule has 0 saturated heterocycles. The maximum Gasteiger partial charge on any atom is 0.232 e. The van der Waals surface area contributed by atoms with Crippen molar-refractivity contribution in [1.82, 2.24) is 19.9 Å². The van der Waals surface area contributed by atoms with Gasteiger partial charge in [-0.25, -0.2) is 9.97 Å². The van der Waals surface area contributed by atoms with E-state index in [4.69, 9.17) is 0 Å². The van der Waals surface area contributed by atoms with Crippen LogP contribution in [0.2, 0.25) is 0 Å². The zero-order valence-corrected chi connectivity index (χ0v) is 16.7. The lowest BCUT2D eigenvalue weighted by Gasteiger charge is -2.13. The molecule has 4 aromatic rings. The van der Waals surface area contributed by atoms with Crippen LogP contribution in [-0.2, 0) is 11.3 Å². The zero-order valence-electron chi connectivity index (χ0n) is 16.7. The highest BCUT2D eigenvalue weighted by Gasteiger charge is 2.08. The van der Waals surface area contributed by atoms with Gasteiger partial charge in [0.25, 0.3) is 0 Å². The van der Waals surface area contributed by atoms with Crippen molar-refractivity contribution >= 4 is 40.1 Å². The van der Waals surface area contributed by atoms with E-state index in [1.54, 1.807) is 6.20 Å². The Morgan fingerprint density at radius 3 is 2.57 bits per heavy atom. The van der Waals surface area contributed by atoms with E-state index < -0.39 is 0 Å². The molecular formula is C22H21N7O. The van der Waals surface area contributed by atoms with Gasteiger partial charge in [0, 0.05) is 36.4 Å². The molecule has 2 heterocycles. The van der Waals surface area contributed by atoms with Gasteiger partial charge in [0.15, 0.2) is 0 Å². The third-order valence-corrected chi connectivity index (χ3v) is 4.62. The molecule has 150 valence electrons. The summed E-state index contributed by atoms with van der Waals surface area (Å²) in [6.07, 6.45) is 3.24. The van der Waals surface area contributed by atoms with E-state index in [2.05, 4.69) is 35.9 Å². The molecule has 0 atom stereocenters. The molecule has 8 nitrogen and oxygen atoms in total. The lowest BCUT2D eigenvalue weighted by molar-refractivity contribution is -0.114. The number of nitrogens with one attached hydrogen (secondary N) is 3. The lowest BCUT2D eigenvalue weighted by atomic mass is 10.1. The van der Waals surface area contributed by atoms with Crippen molar-refractivity contribution in [1.29, 1.82) is 0 Å². The van der Waals surface area contributed by atoms with E-state index in [1.807, 2.05) is 55.5 Å². The van der Waals surface area contributed by atoms with Crippen molar-refractivity contribution in [2.24, 2.45) is 0 Å². The second-order valence-corrected chi connectivity index (χ2v) is 6.76. The van der Waals surface area contributed by atoms with Crippen LogP contribution in [0, 0.1) is 6.92 Å². The summed E-state index contributed by atoms with van der Waals surface area (Å²) in [6, 6.07) is 15.6. The number of benzene rings is 2. The molecule has 0 spiro atoms. The summed E-state index contributed by atoms with van der Waals surface area (Å²) in [5, 5.41) is 10.3. The summed E-state index contributed by atoms with van der Waals surface area (Å²) in [6.45, 7) is 3.94. The Kier molecular flexibility index (Phi) is 5.47. The van der Waals surface area contributed by atoms with Crippen LogP contribution in [0.25, 0.3) is 10.9 Å². The van der Waals surface area contributed by atoms with Gasteiger partial charge >= 0.3 is 0 Å². The van der Waals surface area contributed by atoms with E-state index in [1.165, 1.54) is 13.3 Å². The Morgan fingerprint density at radius 1 is 0.933 bits per heavy atom. The second kappa shape index (κ2) is 8.52. The molecule has 8 heteroatoms. The van der Waals surface area contributed by atoms with E-state index in [0.29, 0.717) is 18.4 Å². The number of hydrogen-bond acceptors (Lipinski definition) is 7. The number of fused-ring (bicyclic) bond motifs is 1. The van der Waals surface area contributed by atoms with Gasteiger partial charge < -0.3 is 16.0 Å². The van der Waals surface area contributed by atoms with Crippen molar-refractivity contribution in [3.05, 3.63) is 72.2 Å². The Hall–Kier alpha value is -4.07. The number of carbonyl (C=O) groups excluding carboxylic acids is 1. The van der Waals surface area contributed by atoms with Gasteiger partial charge in [0.05, 0.1) is 5.52 Å².